The van der Waals surface area contributed by atoms with Crippen molar-refractivity contribution < 1.29 is 4.79 Å². The lowest BCUT2D eigenvalue weighted by molar-refractivity contribution is 0.0662. The molecule has 0 bridgehead atoms. The van der Waals surface area contributed by atoms with Crippen molar-refractivity contribution in [2.75, 3.05) is 27.2 Å². The van der Waals surface area contributed by atoms with Crippen LogP contribution >= 0.6 is 0 Å². The number of aryl methyl sites for hydroxylation is 2. The summed E-state index contributed by atoms with van der Waals surface area (Å²) < 4.78 is 0. The van der Waals surface area contributed by atoms with Gasteiger partial charge in [-0.3, -0.25) is 4.79 Å². The van der Waals surface area contributed by atoms with Crippen LogP contribution in [0.3, 0.4) is 0 Å². The van der Waals surface area contributed by atoms with E-state index in [1.807, 2.05) is 24.0 Å². The maximum Gasteiger partial charge on any atom is 0.254 e. The SMILES string of the molecule is Cc1ccc(C(=O)N2CCC(N(C)C)CC2)c(C)c1. The molecule has 0 spiro atoms. The zero-order valence-electron chi connectivity index (χ0n) is 12.4. The van der Waals surface area contributed by atoms with E-state index in [4.69, 9.17) is 0 Å². The lowest BCUT2D eigenvalue weighted by Crippen LogP contribution is -2.44. The molecular formula is C16H24N2O. The van der Waals surface area contributed by atoms with Crippen LogP contribution in [0.2, 0.25) is 0 Å². The third-order valence-corrected chi connectivity index (χ3v) is 4.09. The van der Waals surface area contributed by atoms with Crippen molar-refractivity contribution in [2.24, 2.45) is 0 Å². The summed E-state index contributed by atoms with van der Waals surface area (Å²) in [4.78, 5) is 16.8. The molecular weight excluding hydrogens is 236 g/mol. The largest absolute Gasteiger partial charge is 0.339 e. The molecule has 0 aromatic heterocycles. The van der Waals surface area contributed by atoms with Gasteiger partial charge in [0.2, 0.25) is 0 Å². The monoisotopic (exact) mass is 260 g/mol. The lowest BCUT2D eigenvalue weighted by atomic mass is 10.0. The fourth-order valence-electron chi connectivity index (χ4n) is 2.81. The number of rotatable bonds is 2. The summed E-state index contributed by atoms with van der Waals surface area (Å²) in [5.41, 5.74) is 3.15. The molecule has 3 nitrogen and oxygen atoms in total. The van der Waals surface area contributed by atoms with Gasteiger partial charge in [0.05, 0.1) is 0 Å². The van der Waals surface area contributed by atoms with Gasteiger partial charge >= 0.3 is 0 Å². The second-order valence-corrected chi connectivity index (χ2v) is 5.81. The molecule has 1 saturated heterocycles. The molecule has 0 radical (unpaired) electrons. The average molecular weight is 260 g/mol. The first-order valence-electron chi connectivity index (χ1n) is 7.02. The highest BCUT2D eigenvalue weighted by Gasteiger charge is 2.25. The van der Waals surface area contributed by atoms with Gasteiger partial charge in [-0.1, -0.05) is 17.7 Å². The van der Waals surface area contributed by atoms with E-state index in [1.165, 1.54) is 5.56 Å². The minimum atomic E-state index is 0.190. The lowest BCUT2D eigenvalue weighted by Gasteiger charge is -2.35. The van der Waals surface area contributed by atoms with Gasteiger partial charge < -0.3 is 9.80 Å². The molecule has 0 atom stereocenters. The van der Waals surface area contributed by atoms with Crippen LogP contribution in [0, 0.1) is 13.8 Å². The zero-order valence-corrected chi connectivity index (χ0v) is 12.4. The van der Waals surface area contributed by atoms with Gasteiger partial charge in [-0.2, -0.15) is 0 Å². The Morgan fingerprint density at radius 1 is 1.21 bits per heavy atom. The van der Waals surface area contributed by atoms with E-state index >= 15 is 0 Å². The molecule has 104 valence electrons. The number of piperidine rings is 1. The van der Waals surface area contributed by atoms with Gasteiger partial charge in [0.1, 0.15) is 0 Å². The Hall–Kier alpha value is -1.35. The minimum absolute atomic E-state index is 0.190. The van der Waals surface area contributed by atoms with E-state index in [0.29, 0.717) is 6.04 Å². The summed E-state index contributed by atoms with van der Waals surface area (Å²) in [5.74, 6) is 0.190. The average Bonchev–Trinajstić information content (AvgIpc) is 2.38. The predicted octanol–water partition coefficient (Wildman–Crippen LogP) is 2.47. The molecule has 0 N–H and O–H groups in total. The van der Waals surface area contributed by atoms with Crippen molar-refractivity contribution in [3.8, 4) is 0 Å². The fraction of sp³-hybridized carbons (Fsp3) is 0.562. The van der Waals surface area contributed by atoms with Crippen LogP contribution in [0.25, 0.3) is 0 Å². The quantitative estimate of drug-likeness (QED) is 0.815. The summed E-state index contributed by atoms with van der Waals surface area (Å²) in [7, 11) is 4.23. The molecule has 2 rings (SSSR count). The number of likely N-dealkylation sites (tertiary alicyclic amines) is 1. The van der Waals surface area contributed by atoms with E-state index in [2.05, 4.69) is 32.0 Å². The van der Waals surface area contributed by atoms with Crippen LogP contribution < -0.4 is 0 Å². The van der Waals surface area contributed by atoms with Gasteiger partial charge in [0.25, 0.3) is 5.91 Å². The Bertz CT molecular complexity index is 460. The van der Waals surface area contributed by atoms with Gasteiger partial charge in [-0.05, 0) is 52.4 Å². The molecule has 3 heteroatoms. The Balaban J connectivity index is 2.05. The summed E-state index contributed by atoms with van der Waals surface area (Å²) in [6.45, 7) is 5.82. The van der Waals surface area contributed by atoms with Crippen LogP contribution in [0.1, 0.15) is 34.3 Å². The van der Waals surface area contributed by atoms with E-state index in [9.17, 15) is 4.79 Å². The Kier molecular flexibility index (Phi) is 4.25. The highest BCUT2D eigenvalue weighted by molar-refractivity contribution is 5.95. The molecule has 1 fully saturated rings. The number of benzene rings is 1. The third-order valence-electron chi connectivity index (χ3n) is 4.09. The molecule has 1 aliphatic heterocycles. The molecule has 1 aromatic rings. The Labute approximate surface area is 116 Å². The van der Waals surface area contributed by atoms with E-state index in [0.717, 1.165) is 37.1 Å². The van der Waals surface area contributed by atoms with Gasteiger partial charge in [0.15, 0.2) is 0 Å². The van der Waals surface area contributed by atoms with Crippen molar-refractivity contribution in [2.45, 2.75) is 32.7 Å². The third kappa shape index (κ3) is 3.16. The van der Waals surface area contributed by atoms with E-state index in [1.54, 1.807) is 0 Å². The van der Waals surface area contributed by atoms with E-state index < -0.39 is 0 Å². The van der Waals surface area contributed by atoms with Gasteiger partial charge in [0, 0.05) is 24.7 Å². The van der Waals surface area contributed by atoms with Crippen LogP contribution in [0.4, 0.5) is 0 Å². The van der Waals surface area contributed by atoms with Crippen molar-refractivity contribution in [3.63, 3.8) is 0 Å². The second-order valence-electron chi connectivity index (χ2n) is 5.81. The molecule has 1 amide bonds. The summed E-state index contributed by atoms with van der Waals surface area (Å²) in [6, 6.07) is 6.68. The molecule has 1 heterocycles. The molecule has 19 heavy (non-hydrogen) atoms. The number of nitrogens with zero attached hydrogens (tertiary/aromatic N) is 2. The van der Waals surface area contributed by atoms with Crippen LogP contribution in [-0.2, 0) is 0 Å². The maximum atomic E-state index is 12.5. The van der Waals surface area contributed by atoms with Gasteiger partial charge in [-0.25, -0.2) is 0 Å². The predicted molar refractivity (Wildman–Crippen MR) is 78.5 cm³/mol. The minimum Gasteiger partial charge on any atom is -0.339 e. The molecule has 0 saturated carbocycles. The highest BCUT2D eigenvalue weighted by Crippen LogP contribution is 2.19. The van der Waals surface area contributed by atoms with Crippen molar-refractivity contribution in [1.29, 1.82) is 0 Å². The zero-order chi connectivity index (χ0) is 14.0. The number of amides is 1. The highest BCUT2D eigenvalue weighted by atomic mass is 16.2. The molecule has 1 aliphatic rings. The second kappa shape index (κ2) is 5.74. The molecule has 0 unspecified atom stereocenters. The van der Waals surface area contributed by atoms with Crippen LogP contribution in [0.5, 0.6) is 0 Å². The normalized spacial score (nSPS) is 17.0. The summed E-state index contributed by atoms with van der Waals surface area (Å²) >= 11 is 0. The van der Waals surface area contributed by atoms with Gasteiger partial charge in [-0.15, -0.1) is 0 Å². The smallest absolute Gasteiger partial charge is 0.254 e. The van der Waals surface area contributed by atoms with Crippen LogP contribution in [-0.4, -0.2) is 48.9 Å². The fourth-order valence-corrected chi connectivity index (χ4v) is 2.81. The van der Waals surface area contributed by atoms with Crippen molar-refractivity contribution in [1.82, 2.24) is 9.80 Å². The Morgan fingerprint density at radius 2 is 1.84 bits per heavy atom. The maximum absolute atomic E-state index is 12.5. The number of hydrogen-bond acceptors (Lipinski definition) is 2. The molecule has 0 aliphatic carbocycles. The number of hydrogen-bond donors (Lipinski definition) is 0. The van der Waals surface area contributed by atoms with Crippen molar-refractivity contribution in [3.05, 3.63) is 34.9 Å². The first kappa shape index (κ1) is 14.1. The number of carbonyl (C=O) groups is 1. The van der Waals surface area contributed by atoms with E-state index in [-0.39, 0.29) is 5.91 Å². The molecule has 1 aromatic carbocycles. The topological polar surface area (TPSA) is 23.6 Å². The van der Waals surface area contributed by atoms with Crippen molar-refractivity contribution >= 4 is 5.91 Å². The first-order chi connectivity index (χ1) is 8.99. The number of carbonyl (C=O) groups excluding carboxylic acids is 1. The summed E-state index contributed by atoms with van der Waals surface area (Å²) in [5, 5.41) is 0. The first-order valence-corrected chi connectivity index (χ1v) is 7.02. The Morgan fingerprint density at radius 3 is 2.37 bits per heavy atom. The summed E-state index contributed by atoms with van der Waals surface area (Å²) in [6.07, 6.45) is 2.15. The standard InChI is InChI=1S/C16H24N2O/c1-12-5-6-15(13(2)11-12)16(19)18-9-7-14(8-10-18)17(3)4/h5-6,11,14H,7-10H2,1-4H3. The van der Waals surface area contributed by atoms with Crippen LogP contribution in [0.15, 0.2) is 18.2 Å².